The molecule has 0 aromatic heterocycles. The van der Waals surface area contributed by atoms with E-state index in [0.717, 1.165) is 13.8 Å². The molecule has 10 atom stereocenters. The molecule has 3 rings (SSSR count). The third-order valence-electron chi connectivity index (χ3n) is 9.24. The number of rotatable bonds is 6. The Labute approximate surface area is 233 Å². The average Bonchev–Trinajstić information content (AvgIpc) is 3.04. The first kappa shape index (κ1) is 32.0. The zero-order valence-electron chi connectivity index (χ0n) is 24.3. The van der Waals surface area contributed by atoms with E-state index in [1.54, 1.807) is 13.8 Å². The van der Waals surface area contributed by atoms with Gasteiger partial charge in [0.15, 0.2) is 0 Å². The SMILES string of the molecule is CC(=O)OC1CC(OC(C)=O)C2(C)C(OC(C)=O)C(O)C3=C(C)C(O)CC3(C(C)(C)O)C(OC(C)=O)C2C1CO. The van der Waals surface area contributed by atoms with Crippen LogP contribution in [0.1, 0.15) is 68.2 Å². The molecule has 12 heteroatoms. The van der Waals surface area contributed by atoms with Crippen molar-refractivity contribution in [2.45, 2.75) is 110 Å². The summed E-state index contributed by atoms with van der Waals surface area (Å²) in [6, 6.07) is 0. The quantitative estimate of drug-likeness (QED) is 0.198. The topological polar surface area (TPSA) is 186 Å². The molecule has 0 aliphatic heterocycles. The highest BCUT2D eigenvalue weighted by Crippen LogP contribution is 2.65. The van der Waals surface area contributed by atoms with Crippen LogP contribution in [0.15, 0.2) is 11.1 Å². The van der Waals surface area contributed by atoms with Gasteiger partial charge in [0, 0.05) is 52.6 Å². The lowest BCUT2D eigenvalue weighted by Crippen LogP contribution is -2.67. The number of aliphatic hydroxyl groups is 4. The van der Waals surface area contributed by atoms with Gasteiger partial charge in [-0.25, -0.2) is 0 Å². The van der Waals surface area contributed by atoms with Crippen LogP contribution in [-0.4, -0.2) is 93.1 Å². The summed E-state index contributed by atoms with van der Waals surface area (Å²) >= 11 is 0. The van der Waals surface area contributed by atoms with Crippen LogP contribution in [0.3, 0.4) is 0 Å². The molecular weight excluding hydrogens is 528 g/mol. The van der Waals surface area contributed by atoms with Gasteiger partial charge in [-0.05, 0) is 38.3 Å². The minimum absolute atomic E-state index is 0.120. The summed E-state index contributed by atoms with van der Waals surface area (Å²) in [4.78, 5) is 49.7. The maximum atomic E-state index is 12.7. The standard InChI is InChI=1S/C28H42O12/c1-12-18(34)10-28(26(6,7)36)21(12)23(35)25(40-16(5)33)27(8)20(38-14(3)31)9-19(37-13(2)30)17(11-29)22(27)24(28)39-15(4)32/h17-20,22-25,29,34-36H,9-11H2,1-8H3. The van der Waals surface area contributed by atoms with Gasteiger partial charge >= 0.3 is 23.9 Å². The molecule has 4 N–H and O–H groups in total. The summed E-state index contributed by atoms with van der Waals surface area (Å²) < 4.78 is 23.1. The first-order chi connectivity index (χ1) is 18.3. The van der Waals surface area contributed by atoms with Crippen LogP contribution in [0.25, 0.3) is 0 Å². The van der Waals surface area contributed by atoms with Gasteiger partial charge in [0.25, 0.3) is 0 Å². The molecule has 0 radical (unpaired) electrons. The van der Waals surface area contributed by atoms with Crippen LogP contribution in [0, 0.1) is 22.7 Å². The fourth-order valence-corrected chi connectivity index (χ4v) is 7.74. The number of ether oxygens (including phenoxy) is 4. The number of aliphatic hydroxyl groups excluding tert-OH is 3. The highest BCUT2D eigenvalue weighted by atomic mass is 16.6. The third-order valence-corrected chi connectivity index (χ3v) is 9.24. The largest absolute Gasteiger partial charge is 0.462 e. The Balaban J connectivity index is 2.53. The van der Waals surface area contributed by atoms with Crippen LogP contribution in [-0.2, 0) is 38.1 Å². The number of esters is 4. The van der Waals surface area contributed by atoms with Crippen LogP contribution in [0.5, 0.6) is 0 Å². The Bertz CT molecular complexity index is 1080. The second kappa shape index (κ2) is 11.0. The van der Waals surface area contributed by atoms with Gasteiger partial charge < -0.3 is 39.4 Å². The van der Waals surface area contributed by atoms with Crippen molar-refractivity contribution >= 4 is 23.9 Å². The van der Waals surface area contributed by atoms with E-state index < -0.39 is 95.4 Å². The summed E-state index contributed by atoms with van der Waals surface area (Å²) in [5.74, 6) is -5.04. The predicted octanol–water partition coefficient (Wildman–Crippen LogP) is 0.561. The molecule has 0 bridgehead atoms. The van der Waals surface area contributed by atoms with E-state index in [9.17, 15) is 39.6 Å². The average molecular weight is 571 g/mol. The molecular formula is C28H42O12. The van der Waals surface area contributed by atoms with Crippen LogP contribution in [0.2, 0.25) is 0 Å². The molecule has 0 aromatic rings. The first-order valence-corrected chi connectivity index (χ1v) is 13.4. The molecule has 0 heterocycles. The molecule has 10 unspecified atom stereocenters. The fraction of sp³-hybridized carbons (Fsp3) is 0.786. The lowest BCUT2D eigenvalue weighted by Gasteiger charge is -2.57. The van der Waals surface area contributed by atoms with E-state index in [0.29, 0.717) is 5.57 Å². The molecule has 0 amide bonds. The minimum Gasteiger partial charge on any atom is -0.462 e. The summed E-state index contributed by atoms with van der Waals surface area (Å²) in [6.45, 7) is 10.1. The number of carbonyl (C=O) groups is 4. The monoisotopic (exact) mass is 570 g/mol. The molecule has 0 aromatic carbocycles. The number of fused-ring (bicyclic) bond motifs is 2. The molecule has 40 heavy (non-hydrogen) atoms. The smallest absolute Gasteiger partial charge is 0.303 e. The summed E-state index contributed by atoms with van der Waals surface area (Å²) in [6.07, 6.45) is -8.15. The Kier molecular flexibility index (Phi) is 8.82. The second-order valence-corrected chi connectivity index (χ2v) is 12.1. The maximum Gasteiger partial charge on any atom is 0.303 e. The van der Waals surface area contributed by atoms with Crippen molar-refractivity contribution in [1.82, 2.24) is 0 Å². The minimum atomic E-state index is -1.76. The van der Waals surface area contributed by atoms with Crippen LogP contribution in [0.4, 0.5) is 0 Å². The molecule has 3 aliphatic carbocycles. The van der Waals surface area contributed by atoms with Crippen molar-refractivity contribution in [2.75, 3.05) is 6.61 Å². The van der Waals surface area contributed by atoms with Gasteiger partial charge in [-0.15, -0.1) is 0 Å². The Morgan fingerprint density at radius 2 is 1.40 bits per heavy atom. The van der Waals surface area contributed by atoms with Gasteiger partial charge in [0.2, 0.25) is 0 Å². The van der Waals surface area contributed by atoms with Gasteiger partial charge in [-0.3, -0.25) is 19.2 Å². The van der Waals surface area contributed by atoms with E-state index in [1.807, 2.05) is 0 Å². The van der Waals surface area contributed by atoms with Crippen molar-refractivity contribution in [1.29, 1.82) is 0 Å². The number of hydrogen-bond acceptors (Lipinski definition) is 12. The van der Waals surface area contributed by atoms with Gasteiger partial charge in [-0.1, -0.05) is 6.92 Å². The van der Waals surface area contributed by atoms with Crippen molar-refractivity contribution in [2.24, 2.45) is 22.7 Å². The van der Waals surface area contributed by atoms with Gasteiger partial charge in [-0.2, -0.15) is 0 Å². The van der Waals surface area contributed by atoms with Crippen molar-refractivity contribution in [3.8, 4) is 0 Å². The van der Waals surface area contributed by atoms with Gasteiger partial charge in [0.1, 0.15) is 30.5 Å². The molecule has 226 valence electrons. The maximum absolute atomic E-state index is 12.7. The lowest BCUT2D eigenvalue weighted by atomic mass is 9.52. The second-order valence-electron chi connectivity index (χ2n) is 12.1. The van der Waals surface area contributed by atoms with Crippen molar-refractivity contribution in [3.63, 3.8) is 0 Å². The Morgan fingerprint density at radius 3 is 1.85 bits per heavy atom. The number of carbonyl (C=O) groups excluding carboxylic acids is 4. The number of hydrogen-bond donors (Lipinski definition) is 4. The zero-order chi connectivity index (χ0) is 30.5. The predicted molar refractivity (Wildman–Crippen MR) is 137 cm³/mol. The molecule has 2 saturated carbocycles. The summed E-state index contributed by atoms with van der Waals surface area (Å²) in [7, 11) is 0. The molecule has 3 aliphatic rings. The molecule has 2 fully saturated rings. The Morgan fingerprint density at radius 1 is 0.900 bits per heavy atom. The van der Waals surface area contributed by atoms with Crippen LogP contribution >= 0.6 is 0 Å². The Hall–Kier alpha value is -2.54. The van der Waals surface area contributed by atoms with E-state index in [1.165, 1.54) is 27.7 Å². The summed E-state index contributed by atoms with van der Waals surface area (Å²) in [5, 5.41) is 45.7. The van der Waals surface area contributed by atoms with E-state index in [2.05, 4.69) is 0 Å². The zero-order valence-corrected chi connectivity index (χ0v) is 24.3. The summed E-state index contributed by atoms with van der Waals surface area (Å²) in [5.41, 5.74) is -4.55. The highest BCUT2D eigenvalue weighted by Gasteiger charge is 2.74. The fourth-order valence-electron chi connectivity index (χ4n) is 7.74. The van der Waals surface area contributed by atoms with Crippen molar-refractivity contribution in [3.05, 3.63) is 11.1 Å². The van der Waals surface area contributed by atoms with E-state index >= 15 is 0 Å². The van der Waals surface area contributed by atoms with Gasteiger partial charge in [0.05, 0.1) is 22.5 Å². The van der Waals surface area contributed by atoms with E-state index in [4.69, 9.17) is 18.9 Å². The lowest BCUT2D eigenvalue weighted by molar-refractivity contribution is -0.247. The van der Waals surface area contributed by atoms with Crippen molar-refractivity contribution < 1.29 is 58.6 Å². The van der Waals surface area contributed by atoms with E-state index in [-0.39, 0.29) is 18.4 Å². The molecule has 0 spiro atoms. The first-order valence-electron chi connectivity index (χ1n) is 13.4. The van der Waals surface area contributed by atoms with Crippen LogP contribution < -0.4 is 0 Å². The molecule has 0 saturated heterocycles. The third kappa shape index (κ3) is 5.03. The molecule has 12 nitrogen and oxygen atoms in total. The normalized spacial score (nSPS) is 39.4. The highest BCUT2D eigenvalue weighted by molar-refractivity contribution is 5.68.